The molecule has 0 aliphatic carbocycles. The number of methoxy groups -OCH3 is 1. The molecule has 1 rings (SSSR count). The molecule has 1 aromatic carbocycles. The Bertz CT molecular complexity index is 2590. The van der Waals surface area contributed by atoms with Crippen LogP contribution in [0.5, 0.6) is 0 Å². The normalized spacial score (nSPS) is 14.0. The Kier molecular flexibility index (Phi) is 118. The summed E-state index contributed by atoms with van der Waals surface area (Å²) in [5, 5.41) is 0. The van der Waals surface area contributed by atoms with E-state index in [4.69, 9.17) is 194 Å². The van der Waals surface area contributed by atoms with E-state index in [1.54, 1.807) is 14.0 Å². The van der Waals surface area contributed by atoms with E-state index in [9.17, 15) is 4.79 Å². The van der Waals surface area contributed by atoms with Crippen LogP contribution in [0.25, 0.3) is 0 Å². The first-order valence-corrected chi connectivity index (χ1v) is 52.7. The molecule has 10 atom stereocenters. The summed E-state index contributed by atoms with van der Waals surface area (Å²) in [6, 6.07) is 9.23. The highest BCUT2D eigenvalue weighted by molar-refractivity contribution is 5.93. The summed E-state index contributed by atoms with van der Waals surface area (Å²) in [5.74, 6) is 0.671. The van der Waals surface area contributed by atoms with E-state index < -0.39 is 0 Å². The van der Waals surface area contributed by atoms with Crippen molar-refractivity contribution in [3.05, 3.63) is 35.9 Å². The molecule has 0 N–H and O–H groups in total. The largest absolute Gasteiger partial charge is 0.382 e. The number of Topliss-reactive ketones (excluding diaryl/α,β-unsaturated/α-hetero) is 1. The molecule has 864 valence electrons. The van der Waals surface area contributed by atoms with Crippen LogP contribution in [-0.2, 0) is 194 Å². The fourth-order valence-electron chi connectivity index (χ4n) is 10.9. The summed E-state index contributed by atoms with van der Waals surface area (Å²) in [5.41, 5.74) is 0.775. The molecule has 0 heterocycles. The number of hydrogen-bond acceptors (Lipinski definition) is 42. The monoisotopic (exact) mass is 2110 g/mol. The van der Waals surface area contributed by atoms with Gasteiger partial charge in [-0.05, 0) is 75.2 Å². The van der Waals surface area contributed by atoms with E-state index in [0.29, 0.717) is 475 Å². The zero-order chi connectivity index (χ0) is 105. The van der Waals surface area contributed by atoms with Gasteiger partial charge in [0.15, 0.2) is 5.78 Å². The number of ether oxygens (including phenoxy) is 41. The van der Waals surface area contributed by atoms with E-state index in [1.165, 1.54) is 0 Å². The van der Waals surface area contributed by atoms with Gasteiger partial charge in [-0.2, -0.15) is 0 Å². The highest BCUT2D eigenvalue weighted by Gasteiger charge is 2.18. The minimum absolute atomic E-state index is 0.0321. The second-order valence-corrected chi connectivity index (χ2v) is 33.2. The number of carbonyl (C=O) groups excluding carboxylic acids is 1. The molecule has 1 aromatic rings. The van der Waals surface area contributed by atoms with E-state index in [-0.39, 0.29) is 60.7 Å². The molecule has 0 saturated carbocycles. The quantitative estimate of drug-likeness (QED) is 0.0444. The Hall–Kier alpha value is -2.75. The van der Waals surface area contributed by atoms with Crippen LogP contribution in [0.4, 0.5) is 0 Å². The van der Waals surface area contributed by atoms with Gasteiger partial charge in [-0.25, -0.2) is 0 Å². The predicted octanol–water partition coefficient (Wildman–Crippen LogP) is 7.73. The summed E-state index contributed by atoms with van der Waals surface area (Å²) in [6.07, 6.45) is 0.470. The van der Waals surface area contributed by atoms with Gasteiger partial charge in [-0.3, -0.25) is 4.79 Å². The first-order chi connectivity index (χ1) is 71.2. The molecule has 10 unspecified atom stereocenters. The molecule has 0 aliphatic heterocycles. The summed E-state index contributed by atoms with van der Waals surface area (Å²) in [4.78, 5) is 10.6. The Balaban J connectivity index is 0.0000217. The second kappa shape index (κ2) is 120. The van der Waals surface area contributed by atoms with Gasteiger partial charge in [0.05, 0.1) is 524 Å². The Labute approximate surface area is 870 Å². The average Bonchev–Trinajstić information content (AvgIpc) is 0.948. The summed E-state index contributed by atoms with van der Waals surface area (Å²) in [6.45, 7) is 58.9. The Morgan fingerprint density at radius 2 is 0.290 bits per heavy atom. The lowest BCUT2D eigenvalue weighted by molar-refractivity contribution is -0.112. The minimum atomic E-state index is -0.106. The van der Waals surface area contributed by atoms with Gasteiger partial charge in [-0.1, -0.05) is 50.6 Å². The van der Waals surface area contributed by atoms with Crippen LogP contribution in [0, 0.1) is 5.92 Å². The molecular formula is C103H200O42. The SMILES string of the molecule is CC(=O)c1ccccc1.CCC(C)COC(C)COC(C)COC(C)COC(C)COC(C)COC(C)COC(C)COC(C)COC(C)COCCOCCOCCOCCOCCOCCOCCOCCOCCOCCOCCOCCOCCOCCOCCOCCOCCOCCOCCOCCOCCOCCOCCOCCOCCOCCOCCOCCOCCOCCOCCOC. The van der Waals surface area contributed by atoms with Gasteiger partial charge >= 0.3 is 0 Å². The van der Waals surface area contributed by atoms with E-state index >= 15 is 0 Å². The maximum atomic E-state index is 10.6. The first-order valence-electron chi connectivity index (χ1n) is 52.7. The van der Waals surface area contributed by atoms with Crippen molar-refractivity contribution in [2.45, 2.75) is 144 Å². The zero-order valence-corrected chi connectivity index (χ0v) is 91.4. The van der Waals surface area contributed by atoms with Gasteiger partial charge in [0.2, 0.25) is 0 Å². The van der Waals surface area contributed by atoms with Crippen molar-refractivity contribution in [3.8, 4) is 0 Å². The second-order valence-electron chi connectivity index (χ2n) is 33.2. The van der Waals surface area contributed by atoms with Crippen LogP contribution in [0.2, 0.25) is 0 Å². The van der Waals surface area contributed by atoms with E-state index in [2.05, 4.69) is 13.8 Å². The van der Waals surface area contributed by atoms with Crippen molar-refractivity contribution in [3.63, 3.8) is 0 Å². The Morgan fingerprint density at radius 1 is 0.172 bits per heavy atom. The van der Waals surface area contributed by atoms with Crippen molar-refractivity contribution in [2.24, 2.45) is 5.92 Å². The summed E-state index contributed by atoms with van der Waals surface area (Å²) in [7, 11) is 1.64. The molecule has 0 saturated heterocycles. The fraction of sp³-hybridized carbons (Fsp3) is 0.932. The number of carbonyl (C=O) groups is 1. The molecule has 0 bridgehead atoms. The summed E-state index contributed by atoms with van der Waals surface area (Å²) >= 11 is 0. The smallest absolute Gasteiger partial charge is 0.159 e. The lowest BCUT2D eigenvalue weighted by atomic mass is 10.1. The molecule has 0 radical (unpaired) electrons. The molecule has 0 spiro atoms. The van der Waals surface area contributed by atoms with Gasteiger partial charge in [0, 0.05) is 19.3 Å². The highest BCUT2D eigenvalue weighted by atomic mass is 16.7. The third-order valence-corrected chi connectivity index (χ3v) is 19.4. The van der Waals surface area contributed by atoms with Gasteiger partial charge in [0.1, 0.15) is 0 Å². The van der Waals surface area contributed by atoms with Gasteiger partial charge < -0.3 is 194 Å². The number of rotatable bonds is 124. The molecule has 0 amide bonds. The van der Waals surface area contributed by atoms with Crippen molar-refractivity contribution in [1.29, 1.82) is 0 Å². The summed E-state index contributed by atoms with van der Waals surface area (Å²) < 4.78 is 230. The topological polar surface area (TPSA) is 396 Å². The van der Waals surface area contributed by atoms with Crippen LogP contribution in [-0.4, -0.2) is 544 Å². The van der Waals surface area contributed by atoms with Crippen molar-refractivity contribution in [1.82, 2.24) is 0 Å². The highest BCUT2D eigenvalue weighted by Crippen LogP contribution is 2.10. The van der Waals surface area contributed by atoms with Crippen molar-refractivity contribution in [2.75, 3.05) is 483 Å². The van der Waals surface area contributed by atoms with Crippen LogP contribution in [0.3, 0.4) is 0 Å². The van der Waals surface area contributed by atoms with Crippen molar-refractivity contribution < 1.29 is 199 Å². The van der Waals surface area contributed by atoms with Crippen LogP contribution in [0.1, 0.15) is 99.9 Å². The minimum Gasteiger partial charge on any atom is -0.382 e. The molecule has 0 aromatic heterocycles. The van der Waals surface area contributed by atoms with Crippen LogP contribution >= 0.6 is 0 Å². The molecule has 0 fully saturated rings. The van der Waals surface area contributed by atoms with E-state index in [1.807, 2.05) is 92.6 Å². The third kappa shape index (κ3) is 118. The van der Waals surface area contributed by atoms with Gasteiger partial charge in [0.25, 0.3) is 0 Å². The van der Waals surface area contributed by atoms with Gasteiger partial charge in [-0.15, -0.1) is 0 Å². The molecule has 145 heavy (non-hydrogen) atoms. The average molecular weight is 2110 g/mol. The van der Waals surface area contributed by atoms with Crippen LogP contribution < -0.4 is 0 Å². The van der Waals surface area contributed by atoms with Crippen molar-refractivity contribution >= 4 is 5.78 Å². The lowest BCUT2D eigenvalue weighted by Gasteiger charge is -2.23. The molecule has 0 aliphatic rings. The fourth-order valence-corrected chi connectivity index (χ4v) is 10.9. The van der Waals surface area contributed by atoms with Crippen LogP contribution in [0.15, 0.2) is 30.3 Å². The maximum absolute atomic E-state index is 10.6. The Morgan fingerprint density at radius 3 is 0.407 bits per heavy atom. The third-order valence-electron chi connectivity index (χ3n) is 19.4. The zero-order valence-electron chi connectivity index (χ0n) is 91.4. The predicted molar refractivity (Wildman–Crippen MR) is 542 cm³/mol. The number of ketones is 1. The lowest BCUT2D eigenvalue weighted by Crippen LogP contribution is -2.30. The molecule has 42 heteroatoms. The number of benzene rings is 1. The van der Waals surface area contributed by atoms with E-state index in [0.717, 1.165) is 18.6 Å². The first kappa shape index (κ1) is 142. The molecule has 42 nitrogen and oxygen atoms in total. The number of hydrogen-bond donors (Lipinski definition) is 0. The standard InChI is InChI=1S/C95H192O41.C8H8O/c1-13-86(2)76-128-88(4)78-130-90(6)80-132-92(8)82-134-94(10)84-136-95(11)85-135-93(9)83-133-91(7)81-131-89(5)79-129-87(3)77-127-75-74-126-73-72-125-71-70-124-69-68-123-67-66-122-65-64-121-63-62-120-61-60-119-59-58-118-57-56-117-55-54-116-53-52-115-51-50-114-49-48-113-47-46-112-45-44-111-43-42-110-41-40-109-39-38-108-37-36-107-35-34-106-33-32-105-31-30-104-29-28-103-27-26-102-25-24-101-23-22-100-21-20-99-19-18-98-17-16-97-15-14-96-12;1-7(9)8-5-3-2-4-6-8/h86-95H,13-85H2,1-12H3;2-6H,1H3. The molecular weight excluding hydrogens is 1910 g/mol. The maximum Gasteiger partial charge on any atom is 0.159 e.